The first-order valence-electron chi connectivity index (χ1n) is 9.23. The lowest BCUT2D eigenvalue weighted by atomic mass is 10.1. The Kier molecular flexibility index (Phi) is 8.28. The van der Waals surface area contributed by atoms with Gasteiger partial charge in [0.05, 0.1) is 0 Å². The topological polar surface area (TPSA) is 87.4 Å². The molecule has 1 amide bonds. The zero-order chi connectivity index (χ0) is 19.5. The van der Waals surface area contributed by atoms with Crippen LogP contribution >= 0.6 is 0 Å². The van der Waals surface area contributed by atoms with E-state index < -0.39 is 0 Å². The molecule has 0 atom stereocenters. The van der Waals surface area contributed by atoms with Crippen molar-refractivity contribution in [1.29, 1.82) is 0 Å². The third-order valence-corrected chi connectivity index (χ3v) is 4.08. The van der Waals surface area contributed by atoms with E-state index in [-0.39, 0.29) is 12.5 Å². The van der Waals surface area contributed by atoms with Crippen LogP contribution in [0.5, 0.6) is 0 Å². The molecule has 1 aromatic heterocycles. The standard InChI is InChI=1S/C19H29N7O/c1-4-17-24-23-15-26(17)13-12-21-19(22-14-18(27)25(2)3)20-11-10-16-8-6-5-7-9-16/h5-9,15H,4,10-14H2,1-3H3,(H2,20,21,22). The third kappa shape index (κ3) is 7.08. The van der Waals surface area contributed by atoms with Crippen molar-refractivity contribution < 1.29 is 4.79 Å². The average Bonchev–Trinajstić information content (AvgIpc) is 3.13. The number of amides is 1. The molecule has 0 radical (unpaired) electrons. The number of carbonyl (C=O) groups is 1. The van der Waals surface area contributed by atoms with Gasteiger partial charge in [-0.3, -0.25) is 4.79 Å². The van der Waals surface area contributed by atoms with E-state index in [4.69, 9.17) is 0 Å². The van der Waals surface area contributed by atoms with Crippen LogP contribution < -0.4 is 10.6 Å². The van der Waals surface area contributed by atoms with Crippen molar-refractivity contribution in [2.75, 3.05) is 33.7 Å². The highest BCUT2D eigenvalue weighted by Gasteiger charge is 2.06. The van der Waals surface area contributed by atoms with Crippen molar-refractivity contribution in [1.82, 2.24) is 30.3 Å². The maximum Gasteiger partial charge on any atom is 0.243 e. The quantitative estimate of drug-likeness (QED) is 0.501. The monoisotopic (exact) mass is 371 g/mol. The molecule has 2 aromatic rings. The van der Waals surface area contributed by atoms with E-state index in [1.54, 1.807) is 20.4 Å². The number of rotatable bonds is 9. The lowest BCUT2D eigenvalue weighted by Gasteiger charge is -2.14. The summed E-state index contributed by atoms with van der Waals surface area (Å²) in [7, 11) is 3.46. The maximum atomic E-state index is 11.8. The minimum Gasteiger partial charge on any atom is -0.356 e. The smallest absolute Gasteiger partial charge is 0.243 e. The van der Waals surface area contributed by atoms with Gasteiger partial charge in [-0.2, -0.15) is 0 Å². The number of nitrogens with zero attached hydrogens (tertiary/aromatic N) is 5. The van der Waals surface area contributed by atoms with Crippen molar-refractivity contribution in [3.63, 3.8) is 0 Å². The molecule has 0 aliphatic rings. The first kappa shape index (κ1) is 20.4. The number of hydrogen-bond donors (Lipinski definition) is 2. The first-order valence-corrected chi connectivity index (χ1v) is 9.23. The van der Waals surface area contributed by atoms with E-state index in [0.717, 1.165) is 31.8 Å². The molecule has 146 valence electrons. The van der Waals surface area contributed by atoms with E-state index in [0.29, 0.717) is 12.5 Å². The Bertz CT molecular complexity index is 725. The van der Waals surface area contributed by atoms with Crippen LogP contribution in [0.4, 0.5) is 0 Å². The molecule has 0 bridgehead atoms. The number of aryl methyl sites for hydroxylation is 1. The normalized spacial score (nSPS) is 11.3. The van der Waals surface area contributed by atoms with Crippen LogP contribution in [0.15, 0.2) is 41.7 Å². The van der Waals surface area contributed by atoms with Gasteiger partial charge in [-0.1, -0.05) is 37.3 Å². The van der Waals surface area contributed by atoms with Crippen LogP contribution in [0.25, 0.3) is 0 Å². The number of benzene rings is 1. The van der Waals surface area contributed by atoms with Crippen LogP contribution in [0.1, 0.15) is 18.3 Å². The van der Waals surface area contributed by atoms with E-state index in [1.165, 1.54) is 10.5 Å². The van der Waals surface area contributed by atoms with Gasteiger partial charge in [-0.15, -0.1) is 10.2 Å². The molecule has 0 fully saturated rings. The fourth-order valence-corrected chi connectivity index (χ4v) is 2.47. The molecular formula is C19H29N7O. The van der Waals surface area contributed by atoms with E-state index >= 15 is 0 Å². The Balaban J connectivity index is 1.88. The van der Waals surface area contributed by atoms with E-state index in [2.05, 4.69) is 44.9 Å². The van der Waals surface area contributed by atoms with Gasteiger partial charge in [-0.25, -0.2) is 4.99 Å². The molecule has 0 saturated carbocycles. The van der Waals surface area contributed by atoms with Gasteiger partial charge in [-0.05, 0) is 12.0 Å². The molecule has 0 spiro atoms. The highest BCUT2D eigenvalue weighted by molar-refractivity contribution is 5.84. The highest BCUT2D eigenvalue weighted by Crippen LogP contribution is 1.98. The Morgan fingerprint density at radius 3 is 2.63 bits per heavy atom. The average molecular weight is 371 g/mol. The summed E-state index contributed by atoms with van der Waals surface area (Å²) in [6.07, 6.45) is 3.46. The Morgan fingerprint density at radius 1 is 1.19 bits per heavy atom. The molecule has 2 rings (SSSR count). The van der Waals surface area contributed by atoms with Gasteiger partial charge in [0.2, 0.25) is 5.91 Å². The number of hydrogen-bond acceptors (Lipinski definition) is 4. The summed E-state index contributed by atoms with van der Waals surface area (Å²) >= 11 is 0. The third-order valence-electron chi connectivity index (χ3n) is 4.08. The molecule has 2 N–H and O–H groups in total. The molecule has 0 unspecified atom stereocenters. The molecule has 0 aliphatic heterocycles. The van der Waals surface area contributed by atoms with Crippen LogP contribution in [-0.2, 0) is 24.2 Å². The predicted octanol–water partition coefficient (Wildman–Crippen LogP) is 0.707. The number of aromatic nitrogens is 3. The largest absolute Gasteiger partial charge is 0.356 e. The van der Waals surface area contributed by atoms with Gasteiger partial charge in [0.25, 0.3) is 0 Å². The van der Waals surface area contributed by atoms with Crippen molar-refractivity contribution in [2.24, 2.45) is 4.99 Å². The van der Waals surface area contributed by atoms with Gasteiger partial charge in [0.15, 0.2) is 5.96 Å². The summed E-state index contributed by atoms with van der Waals surface area (Å²) in [5.74, 6) is 1.55. The Morgan fingerprint density at radius 2 is 1.93 bits per heavy atom. The SMILES string of the molecule is CCc1nncn1CCNC(=NCC(=O)N(C)C)NCCc1ccccc1. The predicted molar refractivity (Wildman–Crippen MR) is 107 cm³/mol. The second kappa shape index (κ2) is 10.9. The molecule has 8 heteroatoms. The molecule has 0 saturated heterocycles. The van der Waals surface area contributed by atoms with Crippen LogP contribution in [0, 0.1) is 0 Å². The number of guanidine groups is 1. The van der Waals surface area contributed by atoms with Crippen LogP contribution in [0.2, 0.25) is 0 Å². The maximum absolute atomic E-state index is 11.8. The zero-order valence-electron chi connectivity index (χ0n) is 16.4. The zero-order valence-corrected chi connectivity index (χ0v) is 16.4. The highest BCUT2D eigenvalue weighted by atomic mass is 16.2. The second-order valence-electron chi connectivity index (χ2n) is 6.34. The molecule has 8 nitrogen and oxygen atoms in total. The molecule has 27 heavy (non-hydrogen) atoms. The summed E-state index contributed by atoms with van der Waals surface area (Å²) in [5.41, 5.74) is 1.26. The number of likely N-dealkylation sites (N-methyl/N-ethyl adjacent to an activating group) is 1. The fourth-order valence-electron chi connectivity index (χ4n) is 2.47. The van der Waals surface area contributed by atoms with Crippen LogP contribution in [-0.4, -0.2) is 65.3 Å². The number of carbonyl (C=O) groups excluding carboxylic acids is 1. The lowest BCUT2D eigenvalue weighted by molar-refractivity contribution is -0.127. The van der Waals surface area contributed by atoms with Crippen molar-refractivity contribution >= 4 is 11.9 Å². The first-order chi connectivity index (χ1) is 13.1. The molecular weight excluding hydrogens is 342 g/mol. The van der Waals surface area contributed by atoms with Crippen molar-refractivity contribution in [2.45, 2.75) is 26.3 Å². The molecule has 0 aliphatic carbocycles. The second-order valence-corrected chi connectivity index (χ2v) is 6.34. The Labute approximate surface area is 160 Å². The van der Waals surface area contributed by atoms with Crippen molar-refractivity contribution in [3.05, 3.63) is 48.0 Å². The number of nitrogens with one attached hydrogen (secondary N) is 2. The minimum absolute atomic E-state index is 0.0359. The van der Waals surface area contributed by atoms with E-state index in [9.17, 15) is 4.79 Å². The summed E-state index contributed by atoms with van der Waals surface area (Å²) in [5, 5.41) is 14.6. The van der Waals surface area contributed by atoms with Crippen LogP contribution in [0.3, 0.4) is 0 Å². The Hall–Kier alpha value is -2.90. The molecule has 1 heterocycles. The van der Waals surface area contributed by atoms with Gasteiger partial charge >= 0.3 is 0 Å². The van der Waals surface area contributed by atoms with Gasteiger partial charge < -0.3 is 20.1 Å². The summed E-state index contributed by atoms with van der Waals surface area (Å²) in [4.78, 5) is 17.8. The van der Waals surface area contributed by atoms with Gasteiger partial charge in [0.1, 0.15) is 18.7 Å². The van der Waals surface area contributed by atoms with E-state index in [1.807, 2.05) is 22.8 Å². The van der Waals surface area contributed by atoms with Crippen molar-refractivity contribution in [3.8, 4) is 0 Å². The summed E-state index contributed by atoms with van der Waals surface area (Å²) in [6.45, 7) is 4.30. The number of aliphatic imine (C=N–C) groups is 1. The summed E-state index contributed by atoms with van der Waals surface area (Å²) in [6, 6.07) is 10.3. The fraction of sp³-hybridized carbons (Fsp3) is 0.474. The molecule has 1 aromatic carbocycles. The minimum atomic E-state index is -0.0359. The lowest BCUT2D eigenvalue weighted by Crippen LogP contribution is -2.40. The van der Waals surface area contributed by atoms with Gasteiger partial charge in [0, 0.05) is 40.2 Å². The summed E-state index contributed by atoms with van der Waals surface area (Å²) < 4.78 is 2.01.